The van der Waals surface area contributed by atoms with Crippen molar-refractivity contribution in [1.29, 1.82) is 0 Å². The fourth-order valence-corrected chi connectivity index (χ4v) is 2.76. The quantitative estimate of drug-likeness (QED) is 0.670. The average molecular weight is 405 g/mol. The first-order valence-corrected chi connectivity index (χ1v) is 8.70. The zero-order valence-corrected chi connectivity index (χ0v) is 15.7. The first kappa shape index (κ1) is 20.4. The van der Waals surface area contributed by atoms with Gasteiger partial charge in [-0.3, -0.25) is 4.79 Å². The summed E-state index contributed by atoms with van der Waals surface area (Å²) in [6.45, 7) is 1.86. The van der Waals surface area contributed by atoms with Crippen molar-refractivity contribution in [2.24, 2.45) is 0 Å². The van der Waals surface area contributed by atoms with Gasteiger partial charge < -0.3 is 14.6 Å². The molecule has 0 unspecified atom stereocenters. The number of hydrogen-bond donors (Lipinski definition) is 1. The summed E-state index contributed by atoms with van der Waals surface area (Å²) in [5.41, 5.74) is 0.594. The van der Waals surface area contributed by atoms with Gasteiger partial charge in [0, 0.05) is 24.4 Å². The second kappa shape index (κ2) is 8.34. The molecular weight excluding hydrogens is 387 g/mol. The van der Waals surface area contributed by atoms with E-state index in [1.165, 1.54) is 19.2 Å². The number of rotatable bonds is 6. The van der Waals surface area contributed by atoms with Crippen LogP contribution in [0.1, 0.15) is 27.2 Å². The Morgan fingerprint density at radius 3 is 2.69 bits per heavy atom. The van der Waals surface area contributed by atoms with E-state index < -0.39 is 17.6 Å². The molecule has 29 heavy (non-hydrogen) atoms. The Hall–Kier alpha value is -3.36. The van der Waals surface area contributed by atoms with Crippen molar-refractivity contribution in [3.05, 3.63) is 65.0 Å². The van der Waals surface area contributed by atoms with E-state index in [0.717, 1.165) is 17.7 Å². The molecule has 3 rings (SSSR count). The highest BCUT2D eigenvalue weighted by atomic mass is 19.4. The fourth-order valence-electron chi connectivity index (χ4n) is 2.76. The topological polar surface area (TPSA) is 77.2 Å². The molecule has 0 aliphatic carbocycles. The number of hydrogen-bond acceptors (Lipinski definition) is 5. The van der Waals surface area contributed by atoms with Crippen LogP contribution in [0.15, 0.2) is 47.1 Å². The predicted molar refractivity (Wildman–Crippen MR) is 98.5 cm³/mol. The van der Waals surface area contributed by atoms with Crippen LogP contribution in [0.4, 0.5) is 13.2 Å². The summed E-state index contributed by atoms with van der Waals surface area (Å²) in [7, 11) is 1.52. The Morgan fingerprint density at radius 1 is 1.24 bits per heavy atom. The molecule has 0 saturated heterocycles. The smallest absolute Gasteiger partial charge is 0.416 e. The van der Waals surface area contributed by atoms with Crippen molar-refractivity contribution in [3.8, 4) is 17.2 Å². The Bertz CT molecular complexity index is 998. The number of carbonyl (C=O) groups excluding carboxylic acids is 1. The van der Waals surface area contributed by atoms with Crippen LogP contribution < -0.4 is 10.1 Å². The highest BCUT2D eigenvalue weighted by Crippen LogP contribution is 2.33. The number of aryl methyl sites for hydroxylation is 1. The van der Waals surface area contributed by atoms with Crippen molar-refractivity contribution >= 4 is 5.91 Å². The van der Waals surface area contributed by atoms with Crippen LogP contribution in [-0.2, 0) is 12.6 Å². The Labute approximate surface area is 164 Å². The molecule has 0 fully saturated rings. The van der Waals surface area contributed by atoms with Gasteiger partial charge >= 0.3 is 6.18 Å². The van der Waals surface area contributed by atoms with Gasteiger partial charge in [0.2, 0.25) is 5.88 Å². The SMILES string of the molecule is COc1ccc(CCNC(=O)c2c(C)noc2-c2cccc(C(F)(F)F)c2)cn1. The van der Waals surface area contributed by atoms with Crippen molar-refractivity contribution < 1.29 is 27.2 Å². The fraction of sp³-hybridized carbons (Fsp3) is 0.250. The number of aromatic nitrogens is 2. The third-order valence-corrected chi connectivity index (χ3v) is 4.25. The van der Waals surface area contributed by atoms with Crippen LogP contribution in [0.25, 0.3) is 11.3 Å². The zero-order valence-electron chi connectivity index (χ0n) is 15.7. The number of benzene rings is 1. The Kier molecular flexibility index (Phi) is 5.86. The van der Waals surface area contributed by atoms with Crippen LogP contribution in [0.5, 0.6) is 5.88 Å². The van der Waals surface area contributed by atoms with Crippen LogP contribution in [-0.4, -0.2) is 29.7 Å². The maximum Gasteiger partial charge on any atom is 0.416 e. The zero-order chi connectivity index (χ0) is 21.0. The molecule has 1 amide bonds. The molecule has 0 radical (unpaired) electrons. The van der Waals surface area contributed by atoms with Gasteiger partial charge in [0.05, 0.1) is 18.4 Å². The van der Waals surface area contributed by atoms with Crippen molar-refractivity contribution in [2.75, 3.05) is 13.7 Å². The number of methoxy groups -OCH3 is 1. The van der Waals surface area contributed by atoms with Gasteiger partial charge in [-0.05, 0) is 31.0 Å². The molecule has 3 aromatic rings. The molecule has 2 heterocycles. The van der Waals surface area contributed by atoms with Gasteiger partial charge in [0.15, 0.2) is 5.76 Å². The number of nitrogens with zero attached hydrogens (tertiary/aromatic N) is 2. The van der Waals surface area contributed by atoms with Crippen molar-refractivity contribution in [3.63, 3.8) is 0 Å². The molecule has 2 aromatic heterocycles. The normalized spacial score (nSPS) is 11.3. The Morgan fingerprint density at radius 2 is 2.03 bits per heavy atom. The lowest BCUT2D eigenvalue weighted by Crippen LogP contribution is -2.26. The summed E-state index contributed by atoms with van der Waals surface area (Å²) in [6.07, 6.45) is -2.34. The second-order valence-electron chi connectivity index (χ2n) is 6.27. The molecular formula is C20H18F3N3O3. The van der Waals surface area contributed by atoms with Crippen LogP contribution in [0.3, 0.4) is 0 Å². The predicted octanol–water partition coefficient (Wildman–Crippen LogP) is 4.04. The molecule has 1 aromatic carbocycles. The first-order chi connectivity index (χ1) is 13.8. The molecule has 9 heteroatoms. The van der Waals surface area contributed by atoms with Gasteiger partial charge in [-0.1, -0.05) is 23.4 Å². The second-order valence-corrected chi connectivity index (χ2v) is 6.27. The molecule has 0 aliphatic rings. The van der Waals surface area contributed by atoms with E-state index >= 15 is 0 Å². The third kappa shape index (κ3) is 4.74. The lowest BCUT2D eigenvalue weighted by Gasteiger charge is -2.09. The van der Waals surface area contributed by atoms with E-state index in [1.54, 1.807) is 19.2 Å². The Balaban J connectivity index is 1.74. The highest BCUT2D eigenvalue weighted by molar-refractivity contribution is 6.00. The summed E-state index contributed by atoms with van der Waals surface area (Å²) in [5.74, 6) is 0.0125. The summed E-state index contributed by atoms with van der Waals surface area (Å²) >= 11 is 0. The van der Waals surface area contributed by atoms with Gasteiger partial charge in [0.25, 0.3) is 5.91 Å². The molecule has 152 valence electrons. The van der Waals surface area contributed by atoms with E-state index in [9.17, 15) is 18.0 Å². The minimum atomic E-state index is -4.50. The van der Waals surface area contributed by atoms with Crippen molar-refractivity contribution in [1.82, 2.24) is 15.5 Å². The van der Waals surface area contributed by atoms with Gasteiger partial charge in [-0.15, -0.1) is 0 Å². The van der Waals surface area contributed by atoms with E-state index in [0.29, 0.717) is 24.5 Å². The number of nitrogens with one attached hydrogen (secondary N) is 1. The summed E-state index contributed by atoms with van der Waals surface area (Å²) in [6, 6.07) is 8.13. The lowest BCUT2D eigenvalue weighted by atomic mass is 10.0. The summed E-state index contributed by atoms with van der Waals surface area (Å²) in [5, 5.41) is 6.49. The molecule has 6 nitrogen and oxygen atoms in total. The highest BCUT2D eigenvalue weighted by Gasteiger charge is 2.31. The lowest BCUT2D eigenvalue weighted by molar-refractivity contribution is -0.137. The molecule has 0 saturated carbocycles. The van der Waals surface area contributed by atoms with Crippen molar-refractivity contribution in [2.45, 2.75) is 19.5 Å². The number of pyridine rings is 1. The van der Waals surface area contributed by atoms with Crippen LogP contribution in [0, 0.1) is 6.92 Å². The molecule has 0 bridgehead atoms. The number of amides is 1. The van der Waals surface area contributed by atoms with Crippen LogP contribution >= 0.6 is 0 Å². The summed E-state index contributed by atoms with van der Waals surface area (Å²) < 4.78 is 49.1. The molecule has 0 spiro atoms. The van der Waals surface area contributed by atoms with Gasteiger partial charge in [0.1, 0.15) is 5.56 Å². The minimum Gasteiger partial charge on any atom is -0.481 e. The van der Waals surface area contributed by atoms with Gasteiger partial charge in [-0.2, -0.15) is 13.2 Å². The number of carbonyl (C=O) groups is 1. The average Bonchev–Trinajstić information content (AvgIpc) is 3.09. The minimum absolute atomic E-state index is 0.00258. The first-order valence-electron chi connectivity index (χ1n) is 8.70. The molecule has 0 aliphatic heterocycles. The van der Waals surface area contributed by atoms with E-state index in [4.69, 9.17) is 9.26 Å². The van der Waals surface area contributed by atoms with Gasteiger partial charge in [-0.25, -0.2) is 4.98 Å². The molecule has 0 atom stereocenters. The summed E-state index contributed by atoms with van der Waals surface area (Å²) in [4.78, 5) is 16.7. The van der Waals surface area contributed by atoms with E-state index in [1.807, 2.05) is 6.07 Å². The monoisotopic (exact) mass is 405 g/mol. The largest absolute Gasteiger partial charge is 0.481 e. The molecule has 1 N–H and O–H groups in total. The van der Waals surface area contributed by atoms with E-state index in [2.05, 4.69) is 15.5 Å². The number of halogens is 3. The maximum absolute atomic E-state index is 13.0. The maximum atomic E-state index is 13.0. The third-order valence-electron chi connectivity index (χ3n) is 4.25. The van der Waals surface area contributed by atoms with Crippen LogP contribution in [0.2, 0.25) is 0 Å². The standard InChI is InChI=1S/C20H18F3N3O3/c1-12-17(19(27)24-9-8-13-6-7-16(28-2)25-11-13)18(29-26-12)14-4-3-5-15(10-14)20(21,22)23/h3-7,10-11H,8-9H2,1-2H3,(H,24,27). The van der Waals surface area contributed by atoms with E-state index in [-0.39, 0.29) is 16.9 Å². The number of ether oxygens (including phenoxy) is 1. The number of alkyl halides is 3.